The van der Waals surface area contributed by atoms with Crippen LogP contribution in [0, 0.1) is 0 Å². The minimum absolute atomic E-state index is 0.338. The standard InChI is InChI=1S/C8H8BrNO/c9-6-5-7(6)11-8-3-1-2-4-10-8/h1-4,6-7H,5H2. The van der Waals surface area contributed by atoms with Gasteiger partial charge in [-0.05, 0) is 6.07 Å². The number of alkyl halides is 1. The molecule has 1 fully saturated rings. The molecular weight excluding hydrogens is 206 g/mol. The summed E-state index contributed by atoms with van der Waals surface area (Å²) in [6.45, 7) is 0. The minimum atomic E-state index is 0.338. The minimum Gasteiger partial charge on any atom is -0.473 e. The Kier molecular flexibility index (Phi) is 1.82. The van der Waals surface area contributed by atoms with Gasteiger partial charge in [-0.25, -0.2) is 4.98 Å². The van der Waals surface area contributed by atoms with Gasteiger partial charge in [0, 0.05) is 18.7 Å². The zero-order chi connectivity index (χ0) is 7.68. The summed E-state index contributed by atoms with van der Waals surface area (Å²) in [6, 6.07) is 5.68. The molecule has 2 atom stereocenters. The first kappa shape index (κ1) is 7.10. The normalized spacial score (nSPS) is 28.1. The summed E-state index contributed by atoms with van der Waals surface area (Å²) in [6.07, 6.45) is 3.17. The average Bonchev–Trinajstić information content (AvgIpc) is 2.69. The molecule has 0 radical (unpaired) electrons. The highest BCUT2D eigenvalue weighted by Gasteiger charge is 2.37. The van der Waals surface area contributed by atoms with E-state index in [1.807, 2.05) is 18.2 Å². The van der Waals surface area contributed by atoms with Crippen molar-refractivity contribution in [2.45, 2.75) is 17.4 Å². The quantitative estimate of drug-likeness (QED) is 0.702. The molecule has 2 nitrogen and oxygen atoms in total. The molecular formula is C8H8BrNO. The van der Waals surface area contributed by atoms with Crippen LogP contribution in [-0.4, -0.2) is 15.9 Å². The van der Waals surface area contributed by atoms with E-state index in [9.17, 15) is 0 Å². The van der Waals surface area contributed by atoms with Gasteiger partial charge in [-0.15, -0.1) is 0 Å². The van der Waals surface area contributed by atoms with Gasteiger partial charge in [0.1, 0.15) is 6.10 Å². The lowest BCUT2D eigenvalue weighted by Gasteiger charge is -2.00. The van der Waals surface area contributed by atoms with Crippen molar-refractivity contribution in [2.75, 3.05) is 0 Å². The van der Waals surface area contributed by atoms with Gasteiger partial charge in [0.2, 0.25) is 5.88 Å². The molecule has 2 rings (SSSR count). The molecule has 2 unspecified atom stereocenters. The maximum atomic E-state index is 5.48. The van der Waals surface area contributed by atoms with Crippen molar-refractivity contribution in [1.29, 1.82) is 0 Å². The summed E-state index contributed by atoms with van der Waals surface area (Å²) in [5.74, 6) is 0.722. The third-order valence-electron chi connectivity index (χ3n) is 1.57. The van der Waals surface area contributed by atoms with Crippen LogP contribution >= 0.6 is 15.9 Å². The molecule has 0 amide bonds. The Morgan fingerprint density at radius 2 is 2.36 bits per heavy atom. The highest BCUT2D eigenvalue weighted by molar-refractivity contribution is 9.09. The lowest BCUT2D eigenvalue weighted by Crippen LogP contribution is -2.00. The topological polar surface area (TPSA) is 22.1 Å². The summed E-state index contributed by atoms with van der Waals surface area (Å²) >= 11 is 3.45. The number of ether oxygens (including phenoxy) is 1. The van der Waals surface area contributed by atoms with Gasteiger partial charge in [0.05, 0.1) is 4.83 Å². The van der Waals surface area contributed by atoms with Crippen LogP contribution in [0.15, 0.2) is 24.4 Å². The van der Waals surface area contributed by atoms with Crippen LogP contribution in [0.5, 0.6) is 5.88 Å². The van der Waals surface area contributed by atoms with Crippen molar-refractivity contribution < 1.29 is 4.74 Å². The van der Waals surface area contributed by atoms with Crippen molar-refractivity contribution in [2.24, 2.45) is 0 Å². The Morgan fingerprint density at radius 3 is 2.91 bits per heavy atom. The van der Waals surface area contributed by atoms with Crippen LogP contribution in [0.3, 0.4) is 0 Å². The molecule has 11 heavy (non-hydrogen) atoms. The van der Waals surface area contributed by atoms with Crippen LogP contribution < -0.4 is 4.74 Å². The molecule has 1 aliphatic rings. The van der Waals surface area contributed by atoms with Crippen LogP contribution in [0.1, 0.15) is 6.42 Å². The Balaban J connectivity index is 1.97. The maximum Gasteiger partial charge on any atom is 0.213 e. The number of aromatic nitrogens is 1. The summed E-state index contributed by atoms with van der Waals surface area (Å²) < 4.78 is 5.48. The molecule has 0 saturated heterocycles. The first-order valence-corrected chi connectivity index (χ1v) is 4.49. The van der Waals surface area contributed by atoms with Gasteiger partial charge in [-0.3, -0.25) is 0 Å². The summed E-state index contributed by atoms with van der Waals surface area (Å²) in [7, 11) is 0. The number of hydrogen-bond donors (Lipinski definition) is 0. The average molecular weight is 214 g/mol. The van der Waals surface area contributed by atoms with Crippen molar-refractivity contribution >= 4 is 15.9 Å². The van der Waals surface area contributed by atoms with Crippen LogP contribution in [0.25, 0.3) is 0 Å². The Labute approximate surface area is 73.7 Å². The summed E-state index contributed by atoms with van der Waals surface area (Å²) in [4.78, 5) is 4.58. The second kappa shape index (κ2) is 2.81. The third kappa shape index (κ3) is 1.71. The predicted octanol–water partition coefficient (Wildman–Crippen LogP) is 2.00. The van der Waals surface area contributed by atoms with Crippen LogP contribution in [0.2, 0.25) is 0 Å². The van der Waals surface area contributed by atoms with Crippen molar-refractivity contribution in [1.82, 2.24) is 4.98 Å². The lowest BCUT2D eigenvalue weighted by atomic mass is 10.5. The van der Waals surface area contributed by atoms with Gasteiger partial charge in [0.25, 0.3) is 0 Å². The Hall–Kier alpha value is -0.570. The van der Waals surface area contributed by atoms with Gasteiger partial charge in [-0.2, -0.15) is 0 Å². The van der Waals surface area contributed by atoms with Gasteiger partial charge >= 0.3 is 0 Å². The lowest BCUT2D eigenvalue weighted by molar-refractivity contribution is 0.293. The SMILES string of the molecule is BrC1CC1Oc1ccccn1. The van der Waals surface area contributed by atoms with E-state index in [0.29, 0.717) is 10.9 Å². The van der Waals surface area contributed by atoms with E-state index >= 15 is 0 Å². The van der Waals surface area contributed by atoms with E-state index in [2.05, 4.69) is 20.9 Å². The van der Waals surface area contributed by atoms with Gasteiger partial charge in [-0.1, -0.05) is 22.0 Å². The van der Waals surface area contributed by atoms with E-state index in [1.54, 1.807) is 6.20 Å². The van der Waals surface area contributed by atoms with E-state index < -0.39 is 0 Å². The fraction of sp³-hybridized carbons (Fsp3) is 0.375. The number of nitrogens with zero attached hydrogens (tertiary/aromatic N) is 1. The number of hydrogen-bond acceptors (Lipinski definition) is 2. The second-order valence-corrected chi connectivity index (χ2v) is 3.75. The molecule has 1 aromatic rings. The first-order valence-electron chi connectivity index (χ1n) is 3.58. The molecule has 1 aliphatic carbocycles. The Morgan fingerprint density at radius 1 is 1.55 bits per heavy atom. The van der Waals surface area contributed by atoms with Crippen molar-refractivity contribution in [3.8, 4) is 5.88 Å². The maximum absolute atomic E-state index is 5.48. The molecule has 1 heterocycles. The third-order valence-corrected chi connectivity index (χ3v) is 2.53. The molecule has 0 N–H and O–H groups in total. The molecule has 0 spiro atoms. The van der Waals surface area contributed by atoms with E-state index in [-0.39, 0.29) is 0 Å². The summed E-state index contributed by atoms with van der Waals surface area (Å²) in [5, 5.41) is 0. The molecule has 0 bridgehead atoms. The molecule has 58 valence electrons. The van der Waals surface area contributed by atoms with Crippen molar-refractivity contribution in [3.63, 3.8) is 0 Å². The highest BCUT2D eigenvalue weighted by atomic mass is 79.9. The largest absolute Gasteiger partial charge is 0.473 e. The predicted molar refractivity (Wildman–Crippen MR) is 46.0 cm³/mol. The van der Waals surface area contributed by atoms with E-state index in [4.69, 9.17) is 4.74 Å². The first-order chi connectivity index (χ1) is 5.36. The molecule has 1 saturated carbocycles. The molecule has 0 aliphatic heterocycles. The summed E-state index contributed by atoms with van der Waals surface area (Å²) in [5.41, 5.74) is 0. The molecule has 3 heteroatoms. The van der Waals surface area contributed by atoms with E-state index in [1.165, 1.54) is 0 Å². The Bertz CT molecular complexity index is 239. The van der Waals surface area contributed by atoms with Crippen molar-refractivity contribution in [3.05, 3.63) is 24.4 Å². The zero-order valence-corrected chi connectivity index (χ0v) is 7.49. The zero-order valence-electron chi connectivity index (χ0n) is 5.90. The number of pyridine rings is 1. The molecule has 1 aromatic heterocycles. The number of halogens is 1. The second-order valence-electron chi connectivity index (χ2n) is 2.58. The fourth-order valence-electron chi connectivity index (χ4n) is 0.837. The highest BCUT2D eigenvalue weighted by Crippen LogP contribution is 2.33. The molecule has 0 aromatic carbocycles. The van der Waals surface area contributed by atoms with Crippen LogP contribution in [0.4, 0.5) is 0 Å². The van der Waals surface area contributed by atoms with E-state index in [0.717, 1.165) is 12.3 Å². The fourth-order valence-corrected chi connectivity index (χ4v) is 1.31. The number of rotatable bonds is 2. The van der Waals surface area contributed by atoms with Gasteiger partial charge < -0.3 is 4.74 Å². The smallest absolute Gasteiger partial charge is 0.213 e. The monoisotopic (exact) mass is 213 g/mol. The van der Waals surface area contributed by atoms with Gasteiger partial charge in [0.15, 0.2) is 0 Å². The van der Waals surface area contributed by atoms with Crippen LogP contribution in [-0.2, 0) is 0 Å².